The predicted octanol–water partition coefficient (Wildman–Crippen LogP) is 4.43. The molecule has 0 aliphatic heterocycles. The molecule has 1 atom stereocenters. The molecule has 0 aliphatic rings. The maximum atomic E-state index is 12.3. The Kier molecular flexibility index (Phi) is 5.50. The van der Waals surface area contributed by atoms with Crippen LogP contribution in [0.1, 0.15) is 18.1 Å². The zero-order chi connectivity index (χ0) is 16.1. The summed E-state index contributed by atoms with van der Waals surface area (Å²) in [4.78, 5) is 13.4. The summed E-state index contributed by atoms with van der Waals surface area (Å²) >= 11 is 1.64. The van der Waals surface area contributed by atoms with Crippen molar-refractivity contribution < 1.29 is 9.53 Å². The summed E-state index contributed by atoms with van der Waals surface area (Å²) in [6, 6.07) is 13.7. The summed E-state index contributed by atoms with van der Waals surface area (Å²) in [6.45, 7) is 5.77. The Morgan fingerprint density at radius 1 is 1.18 bits per heavy atom. The summed E-state index contributed by atoms with van der Waals surface area (Å²) in [5.74, 6) is 0.587. The first-order valence-electron chi connectivity index (χ1n) is 7.18. The summed E-state index contributed by atoms with van der Waals surface area (Å²) in [5.41, 5.74) is 2.99. The molecule has 1 N–H and O–H groups in total. The van der Waals surface area contributed by atoms with Gasteiger partial charge in [-0.1, -0.05) is 23.8 Å². The van der Waals surface area contributed by atoms with E-state index >= 15 is 0 Å². The third kappa shape index (κ3) is 4.28. The molecule has 22 heavy (non-hydrogen) atoms. The fourth-order valence-corrected chi connectivity index (χ4v) is 2.58. The van der Waals surface area contributed by atoms with Crippen LogP contribution in [0.3, 0.4) is 0 Å². The maximum Gasteiger partial charge on any atom is 0.265 e. The number of anilines is 1. The van der Waals surface area contributed by atoms with E-state index in [0.29, 0.717) is 0 Å². The molecule has 0 saturated carbocycles. The standard InChI is InChI=1S/C18H21NO2S/c1-12-8-9-17(13(2)10-12)21-14(3)18(20)19-15-6-5-7-16(11-15)22-4/h5-11,14H,1-4H3,(H,19,20)/t14-/m1/s1. The van der Waals surface area contributed by atoms with Crippen molar-refractivity contribution >= 4 is 23.4 Å². The van der Waals surface area contributed by atoms with Gasteiger partial charge in [-0.25, -0.2) is 0 Å². The maximum absolute atomic E-state index is 12.3. The minimum atomic E-state index is -0.556. The smallest absolute Gasteiger partial charge is 0.265 e. The number of hydrogen-bond donors (Lipinski definition) is 1. The first-order valence-corrected chi connectivity index (χ1v) is 8.41. The van der Waals surface area contributed by atoms with Crippen LogP contribution in [0.4, 0.5) is 5.69 Å². The van der Waals surface area contributed by atoms with E-state index in [0.717, 1.165) is 21.9 Å². The van der Waals surface area contributed by atoms with Gasteiger partial charge in [0.2, 0.25) is 0 Å². The molecule has 2 aromatic rings. The molecule has 0 saturated heterocycles. The Balaban J connectivity index is 2.02. The van der Waals surface area contributed by atoms with Crippen molar-refractivity contribution in [3.63, 3.8) is 0 Å². The Morgan fingerprint density at radius 3 is 2.64 bits per heavy atom. The Hall–Kier alpha value is -1.94. The second kappa shape index (κ2) is 7.36. The average Bonchev–Trinajstić information content (AvgIpc) is 2.50. The molecule has 0 unspecified atom stereocenters. The molecule has 0 aromatic heterocycles. The van der Waals surface area contributed by atoms with Crippen molar-refractivity contribution in [3.8, 4) is 5.75 Å². The largest absolute Gasteiger partial charge is 0.481 e. The van der Waals surface area contributed by atoms with E-state index in [-0.39, 0.29) is 5.91 Å². The highest BCUT2D eigenvalue weighted by molar-refractivity contribution is 7.98. The number of thioether (sulfide) groups is 1. The molecule has 2 aromatic carbocycles. The summed E-state index contributed by atoms with van der Waals surface area (Å²) in [7, 11) is 0. The highest BCUT2D eigenvalue weighted by Gasteiger charge is 2.16. The Bertz CT molecular complexity index is 670. The van der Waals surface area contributed by atoms with Crippen LogP contribution in [-0.4, -0.2) is 18.3 Å². The van der Waals surface area contributed by atoms with Gasteiger partial charge in [0.05, 0.1) is 0 Å². The van der Waals surface area contributed by atoms with Crippen molar-refractivity contribution in [2.24, 2.45) is 0 Å². The number of carbonyl (C=O) groups is 1. The number of rotatable bonds is 5. The number of carbonyl (C=O) groups excluding carboxylic acids is 1. The Labute approximate surface area is 136 Å². The quantitative estimate of drug-likeness (QED) is 0.829. The molecule has 0 bridgehead atoms. The summed E-state index contributed by atoms with van der Waals surface area (Å²) < 4.78 is 5.77. The number of aryl methyl sites for hydroxylation is 2. The number of hydrogen-bond acceptors (Lipinski definition) is 3. The first-order chi connectivity index (χ1) is 10.5. The zero-order valence-corrected chi connectivity index (χ0v) is 14.2. The second-order valence-electron chi connectivity index (χ2n) is 5.25. The van der Waals surface area contributed by atoms with Gasteiger partial charge in [0, 0.05) is 10.6 Å². The molecule has 0 spiro atoms. The van der Waals surface area contributed by atoms with Crippen LogP contribution < -0.4 is 10.1 Å². The second-order valence-corrected chi connectivity index (χ2v) is 6.13. The molecule has 2 rings (SSSR count). The molecule has 4 heteroatoms. The summed E-state index contributed by atoms with van der Waals surface area (Å²) in [5, 5.41) is 2.89. The van der Waals surface area contributed by atoms with Gasteiger partial charge in [0.25, 0.3) is 5.91 Å². The van der Waals surface area contributed by atoms with Crippen molar-refractivity contribution in [2.45, 2.75) is 31.8 Å². The molecule has 116 valence electrons. The van der Waals surface area contributed by atoms with E-state index in [2.05, 4.69) is 5.32 Å². The minimum Gasteiger partial charge on any atom is -0.481 e. The van der Waals surface area contributed by atoms with E-state index in [1.54, 1.807) is 18.7 Å². The van der Waals surface area contributed by atoms with Crippen LogP contribution in [0.15, 0.2) is 47.4 Å². The monoisotopic (exact) mass is 315 g/mol. The number of nitrogens with one attached hydrogen (secondary N) is 1. The fraction of sp³-hybridized carbons (Fsp3) is 0.278. The topological polar surface area (TPSA) is 38.3 Å². The predicted molar refractivity (Wildman–Crippen MR) is 92.9 cm³/mol. The molecule has 0 aliphatic carbocycles. The molecule has 1 amide bonds. The van der Waals surface area contributed by atoms with E-state index < -0.39 is 6.10 Å². The van der Waals surface area contributed by atoms with E-state index in [4.69, 9.17) is 4.74 Å². The lowest BCUT2D eigenvalue weighted by Crippen LogP contribution is -2.30. The van der Waals surface area contributed by atoms with E-state index in [1.807, 2.05) is 62.6 Å². The minimum absolute atomic E-state index is 0.154. The van der Waals surface area contributed by atoms with Gasteiger partial charge in [-0.05, 0) is 56.9 Å². The molecule has 0 heterocycles. The SMILES string of the molecule is CSc1cccc(NC(=O)[C@@H](C)Oc2ccc(C)cc2C)c1. The van der Waals surface area contributed by atoms with Gasteiger partial charge in [-0.2, -0.15) is 0 Å². The number of benzene rings is 2. The highest BCUT2D eigenvalue weighted by Crippen LogP contribution is 2.21. The van der Waals surface area contributed by atoms with Crippen molar-refractivity contribution in [1.82, 2.24) is 0 Å². The van der Waals surface area contributed by atoms with Crippen LogP contribution in [0.5, 0.6) is 5.75 Å². The molecule has 0 fully saturated rings. The van der Waals surface area contributed by atoms with Crippen LogP contribution in [-0.2, 0) is 4.79 Å². The lowest BCUT2D eigenvalue weighted by molar-refractivity contribution is -0.122. The molecule has 3 nitrogen and oxygen atoms in total. The van der Waals surface area contributed by atoms with Crippen molar-refractivity contribution in [1.29, 1.82) is 0 Å². The van der Waals surface area contributed by atoms with Crippen LogP contribution in [0.25, 0.3) is 0 Å². The van der Waals surface area contributed by atoms with Gasteiger partial charge < -0.3 is 10.1 Å². The van der Waals surface area contributed by atoms with Crippen LogP contribution in [0, 0.1) is 13.8 Å². The van der Waals surface area contributed by atoms with Gasteiger partial charge >= 0.3 is 0 Å². The van der Waals surface area contributed by atoms with E-state index in [9.17, 15) is 4.79 Å². The number of amides is 1. The third-order valence-corrected chi connectivity index (χ3v) is 4.07. The van der Waals surface area contributed by atoms with Crippen molar-refractivity contribution in [3.05, 3.63) is 53.6 Å². The lowest BCUT2D eigenvalue weighted by atomic mass is 10.1. The molecular formula is C18H21NO2S. The van der Waals surface area contributed by atoms with Crippen LogP contribution >= 0.6 is 11.8 Å². The van der Waals surface area contributed by atoms with Crippen molar-refractivity contribution in [2.75, 3.05) is 11.6 Å². The normalized spacial score (nSPS) is 11.8. The fourth-order valence-electron chi connectivity index (χ4n) is 2.12. The van der Waals surface area contributed by atoms with Gasteiger partial charge in [0.1, 0.15) is 5.75 Å². The Morgan fingerprint density at radius 2 is 1.95 bits per heavy atom. The molecular weight excluding hydrogens is 294 g/mol. The molecule has 0 radical (unpaired) electrons. The third-order valence-electron chi connectivity index (χ3n) is 3.34. The van der Waals surface area contributed by atoms with Crippen LogP contribution in [0.2, 0.25) is 0 Å². The summed E-state index contributed by atoms with van der Waals surface area (Å²) in [6.07, 6.45) is 1.45. The average molecular weight is 315 g/mol. The van der Waals surface area contributed by atoms with Gasteiger partial charge in [0.15, 0.2) is 6.10 Å². The number of ether oxygens (including phenoxy) is 1. The van der Waals surface area contributed by atoms with Gasteiger partial charge in [-0.3, -0.25) is 4.79 Å². The zero-order valence-electron chi connectivity index (χ0n) is 13.3. The lowest BCUT2D eigenvalue weighted by Gasteiger charge is -2.16. The van der Waals surface area contributed by atoms with Gasteiger partial charge in [-0.15, -0.1) is 11.8 Å². The van der Waals surface area contributed by atoms with E-state index in [1.165, 1.54) is 5.56 Å². The highest BCUT2D eigenvalue weighted by atomic mass is 32.2. The first kappa shape index (κ1) is 16.4.